The third-order valence-corrected chi connectivity index (χ3v) is 3.66. The molecule has 0 N–H and O–H groups in total. The van der Waals surface area contributed by atoms with Crippen LogP contribution in [0.5, 0.6) is 5.75 Å². The van der Waals surface area contributed by atoms with Crippen LogP contribution in [0.4, 0.5) is 0 Å². The smallest absolute Gasteiger partial charge is 0.337 e. The van der Waals surface area contributed by atoms with Crippen molar-refractivity contribution in [2.24, 2.45) is 0 Å². The number of hydrogen-bond acceptors (Lipinski definition) is 4. The number of nitrogens with zero attached hydrogens (tertiary/aromatic N) is 1. The van der Waals surface area contributed by atoms with Crippen molar-refractivity contribution in [2.75, 3.05) is 7.11 Å². The molecule has 3 rings (SSSR count). The van der Waals surface area contributed by atoms with Gasteiger partial charge in [-0.25, -0.2) is 9.78 Å². The van der Waals surface area contributed by atoms with E-state index in [1.807, 2.05) is 24.3 Å². The summed E-state index contributed by atoms with van der Waals surface area (Å²) in [7, 11) is 1.38. The van der Waals surface area contributed by atoms with E-state index < -0.39 is 0 Å². The summed E-state index contributed by atoms with van der Waals surface area (Å²) in [5.41, 5.74) is 2.41. The molecule has 1 aromatic heterocycles. The number of methoxy groups -OCH3 is 1. The fourth-order valence-corrected chi connectivity index (χ4v) is 2.62. The number of esters is 1. The highest BCUT2D eigenvalue weighted by Crippen LogP contribution is 2.36. The van der Waals surface area contributed by atoms with Crippen LogP contribution in [0.1, 0.15) is 27.7 Å². The number of ether oxygens (including phenoxy) is 2. The Labute approximate surface area is 124 Å². The van der Waals surface area contributed by atoms with Crippen LogP contribution in [0.3, 0.4) is 0 Å². The number of fused-ring (bicyclic) bond motifs is 1. The molecule has 0 bridgehead atoms. The van der Waals surface area contributed by atoms with Crippen molar-refractivity contribution in [3.8, 4) is 5.75 Å². The zero-order chi connectivity index (χ0) is 14.1. The molecular formula is C15H12BrNO3. The number of halogens is 1. The van der Waals surface area contributed by atoms with Gasteiger partial charge in [-0.1, -0.05) is 6.07 Å². The monoisotopic (exact) mass is 333 g/mol. The normalized spacial score (nSPS) is 16.4. The maximum atomic E-state index is 11.5. The summed E-state index contributed by atoms with van der Waals surface area (Å²) in [5, 5.41) is 0. The molecule has 0 spiro atoms. The predicted molar refractivity (Wildman–Crippen MR) is 76.8 cm³/mol. The van der Waals surface area contributed by atoms with Crippen molar-refractivity contribution in [1.29, 1.82) is 0 Å². The van der Waals surface area contributed by atoms with Gasteiger partial charge in [0.1, 0.15) is 16.5 Å². The molecule has 4 nitrogen and oxygen atoms in total. The molecule has 0 saturated carbocycles. The molecule has 0 saturated heterocycles. The first-order chi connectivity index (χ1) is 9.67. The fourth-order valence-electron chi connectivity index (χ4n) is 2.26. The number of hydrogen-bond donors (Lipinski definition) is 0. The maximum absolute atomic E-state index is 11.5. The van der Waals surface area contributed by atoms with Gasteiger partial charge in [0.2, 0.25) is 0 Å². The molecule has 0 amide bonds. The minimum Gasteiger partial charge on any atom is -0.483 e. The van der Waals surface area contributed by atoms with E-state index in [1.165, 1.54) is 7.11 Å². The zero-order valence-electron chi connectivity index (χ0n) is 10.8. The molecule has 0 aliphatic carbocycles. The van der Waals surface area contributed by atoms with E-state index in [-0.39, 0.29) is 12.1 Å². The largest absolute Gasteiger partial charge is 0.483 e. The molecule has 0 unspecified atom stereocenters. The van der Waals surface area contributed by atoms with E-state index in [2.05, 4.69) is 20.9 Å². The highest BCUT2D eigenvalue weighted by Gasteiger charge is 2.26. The van der Waals surface area contributed by atoms with Gasteiger partial charge >= 0.3 is 5.97 Å². The van der Waals surface area contributed by atoms with Gasteiger partial charge in [0, 0.05) is 6.42 Å². The van der Waals surface area contributed by atoms with Gasteiger partial charge in [0.05, 0.1) is 18.4 Å². The van der Waals surface area contributed by atoms with E-state index in [4.69, 9.17) is 9.47 Å². The number of aromatic nitrogens is 1. The van der Waals surface area contributed by atoms with E-state index >= 15 is 0 Å². The zero-order valence-corrected chi connectivity index (χ0v) is 12.4. The van der Waals surface area contributed by atoms with Crippen molar-refractivity contribution in [3.63, 3.8) is 0 Å². The Morgan fingerprint density at radius 1 is 1.40 bits per heavy atom. The molecule has 20 heavy (non-hydrogen) atoms. The van der Waals surface area contributed by atoms with Crippen LogP contribution in [0.2, 0.25) is 0 Å². The number of carbonyl (C=O) groups is 1. The summed E-state index contributed by atoms with van der Waals surface area (Å²) in [6.45, 7) is 0. The lowest BCUT2D eigenvalue weighted by Crippen LogP contribution is -2.05. The SMILES string of the molecule is COC(=O)c1ccc2c(c1)C[C@@H](c1cccc(Br)n1)O2. The lowest BCUT2D eigenvalue weighted by Gasteiger charge is -2.09. The molecule has 2 heterocycles. The topological polar surface area (TPSA) is 48.4 Å². The second kappa shape index (κ2) is 5.25. The standard InChI is InChI=1S/C15H12BrNO3/c1-19-15(18)9-5-6-12-10(7-9)8-13(20-12)11-3-2-4-14(16)17-11/h2-7,13H,8H2,1H3/t13-/m0/s1. The highest BCUT2D eigenvalue weighted by atomic mass is 79.9. The summed E-state index contributed by atoms with van der Waals surface area (Å²) in [6, 6.07) is 11.1. The average molecular weight is 334 g/mol. The molecule has 1 aromatic carbocycles. The molecule has 102 valence electrons. The Kier molecular flexibility index (Phi) is 3.44. The summed E-state index contributed by atoms with van der Waals surface area (Å²) in [4.78, 5) is 15.9. The Morgan fingerprint density at radius 3 is 3.00 bits per heavy atom. The van der Waals surface area contributed by atoms with Gasteiger partial charge in [-0.05, 0) is 51.8 Å². The first-order valence-corrected chi connectivity index (χ1v) is 6.97. The van der Waals surface area contributed by atoms with E-state index in [9.17, 15) is 4.79 Å². The van der Waals surface area contributed by atoms with Crippen molar-refractivity contribution in [3.05, 3.63) is 57.8 Å². The van der Waals surface area contributed by atoms with Crippen LogP contribution in [0.15, 0.2) is 41.0 Å². The second-order valence-corrected chi connectivity index (χ2v) is 5.32. The Morgan fingerprint density at radius 2 is 2.25 bits per heavy atom. The maximum Gasteiger partial charge on any atom is 0.337 e. The summed E-state index contributed by atoms with van der Waals surface area (Å²) < 4.78 is 11.4. The summed E-state index contributed by atoms with van der Waals surface area (Å²) in [5.74, 6) is 0.459. The van der Waals surface area contributed by atoms with Crippen LogP contribution in [0, 0.1) is 0 Å². The van der Waals surface area contributed by atoms with Crippen LogP contribution in [-0.4, -0.2) is 18.1 Å². The number of carbonyl (C=O) groups excluding carboxylic acids is 1. The van der Waals surface area contributed by atoms with Gasteiger partial charge < -0.3 is 9.47 Å². The minimum atomic E-state index is -0.336. The summed E-state index contributed by atoms with van der Waals surface area (Å²) >= 11 is 3.36. The van der Waals surface area contributed by atoms with E-state index in [1.54, 1.807) is 12.1 Å². The average Bonchev–Trinajstić information content (AvgIpc) is 2.89. The van der Waals surface area contributed by atoms with Gasteiger partial charge in [-0.2, -0.15) is 0 Å². The van der Waals surface area contributed by atoms with Crippen LogP contribution in [0.25, 0.3) is 0 Å². The molecule has 0 fully saturated rings. The highest BCUT2D eigenvalue weighted by molar-refractivity contribution is 9.10. The fraction of sp³-hybridized carbons (Fsp3) is 0.200. The lowest BCUT2D eigenvalue weighted by atomic mass is 10.0. The van der Waals surface area contributed by atoms with E-state index in [0.29, 0.717) is 12.0 Å². The van der Waals surface area contributed by atoms with Crippen molar-refractivity contribution in [2.45, 2.75) is 12.5 Å². The van der Waals surface area contributed by atoms with Crippen LogP contribution in [-0.2, 0) is 11.2 Å². The predicted octanol–water partition coefficient (Wildman–Crippen LogP) is 3.31. The third kappa shape index (κ3) is 2.41. The van der Waals surface area contributed by atoms with Crippen LogP contribution >= 0.6 is 15.9 Å². The van der Waals surface area contributed by atoms with Crippen LogP contribution < -0.4 is 4.74 Å². The van der Waals surface area contributed by atoms with Gasteiger partial charge in [0.25, 0.3) is 0 Å². The number of benzene rings is 1. The Hall–Kier alpha value is -1.88. The number of rotatable bonds is 2. The van der Waals surface area contributed by atoms with E-state index in [0.717, 1.165) is 21.6 Å². The Bertz CT molecular complexity index is 672. The van der Waals surface area contributed by atoms with Gasteiger partial charge in [-0.15, -0.1) is 0 Å². The molecule has 1 atom stereocenters. The lowest BCUT2D eigenvalue weighted by molar-refractivity contribution is 0.0600. The van der Waals surface area contributed by atoms with Crippen molar-refractivity contribution < 1.29 is 14.3 Å². The number of pyridine rings is 1. The molecule has 2 aromatic rings. The Balaban J connectivity index is 1.87. The van der Waals surface area contributed by atoms with Crippen molar-refractivity contribution in [1.82, 2.24) is 4.98 Å². The van der Waals surface area contributed by atoms with Gasteiger partial charge in [-0.3, -0.25) is 0 Å². The molecular weight excluding hydrogens is 322 g/mol. The first kappa shape index (κ1) is 13.1. The van der Waals surface area contributed by atoms with Crippen molar-refractivity contribution >= 4 is 21.9 Å². The quantitative estimate of drug-likeness (QED) is 0.625. The molecule has 1 aliphatic heterocycles. The molecule has 1 aliphatic rings. The second-order valence-electron chi connectivity index (χ2n) is 4.51. The molecule has 0 radical (unpaired) electrons. The molecule has 5 heteroatoms. The first-order valence-electron chi connectivity index (χ1n) is 6.18. The van der Waals surface area contributed by atoms with Gasteiger partial charge in [0.15, 0.2) is 0 Å². The third-order valence-electron chi connectivity index (χ3n) is 3.22. The summed E-state index contributed by atoms with van der Waals surface area (Å²) in [6.07, 6.45) is 0.583. The minimum absolute atomic E-state index is 0.115.